The van der Waals surface area contributed by atoms with Crippen molar-refractivity contribution >= 4 is 11.9 Å². The number of piperidine rings is 1. The van der Waals surface area contributed by atoms with Crippen molar-refractivity contribution in [2.24, 2.45) is 0 Å². The first-order chi connectivity index (χ1) is 10.5. The van der Waals surface area contributed by atoms with Crippen LogP contribution in [0.2, 0.25) is 0 Å². The smallest absolute Gasteiger partial charge is 0.326 e. The molecule has 2 rings (SSSR count). The van der Waals surface area contributed by atoms with Gasteiger partial charge in [0.25, 0.3) is 5.91 Å². The first-order valence-corrected chi connectivity index (χ1v) is 8.09. The van der Waals surface area contributed by atoms with Crippen LogP contribution >= 0.6 is 0 Å². The predicted molar refractivity (Wildman–Crippen MR) is 82.9 cm³/mol. The van der Waals surface area contributed by atoms with Crippen molar-refractivity contribution in [2.75, 3.05) is 6.54 Å². The first kappa shape index (κ1) is 16.5. The second-order valence-electron chi connectivity index (χ2n) is 5.93. The van der Waals surface area contributed by atoms with Crippen molar-refractivity contribution in [3.8, 4) is 0 Å². The number of hydrogen-bond acceptors (Lipinski definition) is 3. The summed E-state index contributed by atoms with van der Waals surface area (Å²) in [7, 11) is 0. The Balaban J connectivity index is 2.34. The molecular weight excluding hydrogens is 282 g/mol. The quantitative estimate of drug-likeness (QED) is 0.907. The maximum Gasteiger partial charge on any atom is 0.326 e. The molecule has 0 aromatic carbocycles. The van der Waals surface area contributed by atoms with Crippen molar-refractivity contribution in [1.29, 1.82) is 0 Å². The highest BCUT2D eigenvalue weighted by molar-refractivity contribution is 5.95. The molecule has 0 radical (unpaired) electrons. The van der Waals surface area contributed by atoms with Crippen LogP contribution in [0.5, 0.6) is 0 Å². The lowest BCUT2D eigenvalue weighted by Crippen LogP contribution is -2.48. The zero-order valence-corrected chi connectivity index (χ0v) is 13.6. The predicted octanol–water partition coefficient (Wildman–Crippen LogP) is 2.63. The minimum absolute atomic E-state index is 0.167. The summed E-state index contributed by atoms with van der Waals surface area (Å²) >= 11 is 0. The zero-order chi connectivity index (χ0) is 16.3. The average molecular weight is 307 g/mol. The summed E-state index contributed by atoms with van der Waals surface area (Å²) in [6, 6.07) is 1.22. The van der Waals surface area contributed by atoms with E-state index in [0.29, 0.717) is 18.7 Å². The third-order valence-corrected chi connectivity index (χ3v) is 4.41. The molecular formula is C16H25N3O3. The Hall–Kier alpha value is -1.85. The van der Waals surface area contributed by atoms with Crippen LogP contribution in [0, 0.1) is 6.92 Å². The van der Waals surface area contributed by atoms with Crippen LogP contribution in [0.25, 0.3) is 0 Å². The van der Waals surface area contributed by atoms with Crippen LogP contribution in [0.3, 0.4) is 0 Å². The molecule has 1 unspecified atom stereocenters. The molecule has 22 heavy (non-hydrogen) atoms. The van der Waals surface area contributed by atoms with Crippen LogP contribution in [-0.4, -0.2) is 44.3 Å². The molecule has 1 amide bonds. The Kier molecular flexibility index (Phi) is 5.21. The lowest BCUT2D eigenvalue weighted by molar-refractivity contribution is -0.143. The number of nitrogens with zero attached hydrogens (tertiary/aromatic N) is 3. The standard InChI is InChI=1S/C16H25N3O3/c1-4-12(5-2)19-14(10-11(3)17-19)15(20)18-9-7-6-8-13(18)16(21)22/h10,12-13H,4-9H2,1-3H3,(H,21,22). The van der Waals surface area contributed by atoms with Crippen LogP contribution in [-0.2, 0) is 4.79 Å². The van der Waals surface area contributed by atoms with Gasteiger partial charge in [0.05, 0.1) is 11.7 Å². The molecule has 1 aromatic rings. The van der Waals surface area contributed by atoms with Crippen molar-refractivity contribution in [3.05, 3.63) is 17.5 Å². The molecule has 1 aliphatic rings. The molecule has 2 heterocycles. The van der Waals surface area contributed by atoms with Gasteiger partial charge in [-0.2, -0.15) is 5.10 Å². The van der Waals surface area contributed by atoms with Gasteiger partial charge in [-0.1, -0.05) is 13.8 Å². The number of aliphatic carboxylic acids is 1. The van der Waals surface area contributed by atoms with Crippen molar-refractivity contribution in [2.45, 2.75) is 65.0 Å². The highest BCUT2D eigenvalue weighted by atomic mass is 16.4. The number of carboxylic acid groups (broad SMARTS) is 1. The molecule has 1 saturated heterocycles. The van der Waals surface area contributed by atoms with Gasteiger partial charge >= 0.3 is 5.97 Å². The number of aromatic nitrogens is 2. The summed E-state index contributed by atoms with van der Waals surface area (Å²) in [4.78, 5) is 25.8. The summed E-state index contributed by atoms with van der Waals surface area (Å²) in [5.41, 5.74) is 1.30. The number of aryl methyl sites for hydroxylation is 1. The third-order valence-electron chi connectivity index (χ3n) is 4.41. The van der Waals surface area contributed by atoms with E-state index in [0.717, 1.165) is 31.4 Å². The maximum atomic E-state index is 12.9. The van der Waals surface area contributed by atoms with E-state index in [1.54, 1.807) is 10.7 Å². The van der Waals surface area contributed by atoms with Crippen molar-refractivity contribution in [3.63, 3.8) is 0 Å². The second-order valence-corrected chi connectivity index (χ2v) is 5.93. The Morgan fingerprint density at radius 3 is 2.64 bits per heavy atom. The van der Waals surface area contributed by atoms with E-state index in [9.17, 15) is 14.7 Å². The van der Waals surface area contributed by atoms with E-state index in [1.165, 1.54) is 4.90 Å². The molecule has 0 saturated carbocycles. The lowest BCUT2D eigenvalue weighted by Gasteiger charge is -2.33. The van der Waals surface area contributed by atoms with Gasteiger partial charge < -0.3 is 10.0 Å². The lowest BCUT2D eigenvalue weighted by atomic mass is 10.0. The van der Waals surface area contributed by atoms with Crippen molar-refractivity contribution in [1.82, 2.24) is 14.7 Å². The summed E-state index contributed by atoms with van der Waals surface area (Å²) in [5.74, 6) is -1.13. The van der Waals surface area contributed by atoms with Gasteiger partial charge in [0.1, 0.15) is 11.7 Å². The molecule has 1 atom stereocenters. The van der Waals surface area contributed by atoms with Crippen molar-refractivity contribution < 1.29 is 14.7 Å². The highest BCUT2D eigenvalue weighted by Gasteiger charge is 2.34. The molecule has 1 aliphatic heterocycles. The third kappa shape index (κ3) is 3.15. The second kappa shape index (κ2) is 6.94. The number of amides is 1. The van der Waals surface area contributed by atoms with E-state index >= 15 is 0 Å². The Morgan fingerprint density at radius 2 is 2.05 bits per heavy atom. The fourth-order valence-corrected chi connectivity index (χ4v) is 3.17. The fraction of sp³-hybridized carbons (Fsp3) is 0.688. The highest BCUT2D eigenvalue weighted by Crippen LogP contribution is 2.23. The van der Waals surface area contributed by atoms with Gasteiger partial charge in [-0.3, -0.25) is 9.48 Å². The monoisotopic (exact) mass is 307 g/mol. The Labute approximate surface area is 131 Å². The summed E-state index contributed by atoms with van der Waals surface area (Å²) in [5, 5.41) is 13.8. The number of carbonyl (C=O) groups excluding carboxylic acids is 1. The molecule has 1 aromatic heterocycles. The Bertz CT molecular complexity index is 549. The van der Waals surface area contributed by atoms with Gasteiger partial charge in [-0.25, -0.2) is 4.79 Å². The summed E-state index contributed by atoms with van der Waals surface area (Å²) in [6.07, 6.45) is 4.01. The van der Waals surface area contributed by atoms with Crippen LogP contribution < -0.4 is 0 Å². The van der Waals surface area contributed by atoms with Gasteiger partial charge in [0.15, 0.2) is 0 Å². The zero-order valence-electron chi connectivity index (χ0n) is 13.6. The van der Waals surface area contributed by atoms with E-state index in [1.807, 2.05) is 6.92 Å². The van der Waals surface area contributed by atoms with Crippen LogP contribution in [0.1, 0.15) is 68.2 Å². The number of likely N-dealkylation sites (tertiary alicyclic amines) is 1. The number of carboxylic acids is 1. The van der Waals surface area contributed by atoms with Crippen LogP contribution in [0.15, 0.2) is 6.07 Å². The molecule has 0 aliphatic carbocycles. The number of hydrogen-bond donors (Lipinski definition) is 1. The van der Waals surface area contributed by atoms with Gasteiger partial charge in [-0.05, 0) is 45.1 Å². The van der Waals surface area contributed by atoms with Crippen LogP contribution in [0.4, 0.5) is 0 Å². The summed E-state index contributed by atoms with van der Waals surface area (Å²) in [6.45, 7) is 6.50. The maximum absolute atomic E-state index is 12.9. The first-order valence-electron chi connectivity index (χ1n) is 8.09. The van der Waals surface area contributed by atoms with Gasteiger partial charge in [0.2, 0.25) is 0 Å². The summed E-state index contributed by atoms with van der Waals surface area (Å²) < 4.78 is 1.78. The van der Waals surface area contributed by atoms with Gasteiger partial charge in [-0.15, -0.1) is 0 Å². The normalized spacial score (nSPS) is 18.7. The number of carbonyl (C=O) groups is 2. The molecule has 122 valence electrons. The largest absolute Gasteiger partial charge is 0.480 e. The topological polar surface area (TPSA) is 75.4 Å². The molecule has 1 fully saturated rings. The minimum Gasteiger partial charge on any atom is -0.480 e. The molecule has 6 heteroatoms. The van der Waals surface area contributed by atoms with E-state index < -0.39 is 12.0 Å². The Morgan fingerprint density at radius 1 is 1.36 bits per heavy atom. The fourth-order valence-electron chi connectivity index (χ4n) is 3.17. The van der Waals surface area contributed by atoms with E-state index in [2.05, 4.69) is 18.9 Å². The average Bonchev–Trinajstić information content (AvgIpc) is 2.89. The molecule has 0 spiro atoms. The number of rotatable bonds is 5. The molecule has 6 nitrogen and oxygen atoms in total. The van der Waals surface area contributed by atoms with E-state index in [-0.39, 0.29) is 11.9 Å². The molecule has 0 bridgehead atoms. The minimum atomic E-state index is -0.918. The molecule has 1 N–H and O–H groups in total. The van der Waals surface area contributed by atoms with E-state index in [4.69, 9.17) is 0 Å². The van der Waals surface area contributed by atoms with Gasteiger partial charge in [0, 0.05) is 6.54 Å². The SMILES string of the molecule is CCC(CC)n1nc(C)cc1C(=O)N1CCCCC1C(=O)O.